The van der Waals surface area contributed by atoms with Crippen LogP contribution in [0, 0.1) is 0 Å². The van der Waals surface area contributed by atoms with Gasteiger partial charge in [0.2, 0.25) is 0 Å². The van der Waals surface area contributed by atoms with Crippen LogP contribution in [0.3, 0.4) is 0 Å². The van der Waals surface area contributed by atoms with Crippen LogP contribution in [0.25, 0.3) is 0 Å². The van der Waals surface area contributed by atoms with Crippen molar-refractivity contribution in [1.82, 2.24) is 9.78 Å². The monoisotopic (exact) mass is 163 g/mol. The molecule has 64 valence electrons. The minimum Gasteiger partial charge on any atom is -0.247 e. The molecule has 2 heterocycles. The molecule has 0 aromatic carbocycles. The summed E-state index contributed by atoms with van der Waals surface area (Å²) in [6, 6.07) is 0. The van der Waals surface area contributed by atoms with Gasteiger partial charge in [0.05, 0.1) is 6.20 Å². The highest BCUT2D eigenvalue weighted by Crippen LogP contribution is 2.27. The van der Waals surface area contributed by atoms with Gasteiger partial charge in [0.15, 0.2) is 5.82 Å². The first kappa shape index (κ1) is 7.53. The van der Waals surface area contributed by atoms with Crippen molar-refractivity contribution in [3.8, 4) is 0 Å². The minimum atomic E-state index is 0.518. The second-order valence-corrected chi connectivity index (χ2v) is 3.40. The van der Waals surface area contributed by atoms with E-state index in [-0.39, 0.29) is 0 Å². The molecule has 3 nitrogen and oxygen atoms in total. The maximum Gasteiger partial charge on any atom is 0.153 e. The van der Waals surface area contributed by atoms with E-state index in [4.69, 9.17) is 0 Å². The molecule has 1 aromatic rings. The maximum atomic E-state index is 4.35. The Labute approximate surface area is 72.1 Å². The summed E-state index contributed by atoms with van der Waals surface area (Å²) in [6.45, 7) is 5.31. The lowest BCUT2D eigenvalue weighted by molar-refractivity contribution is 0.629. The van der Waals surface area contributed by atoms with Crippen molar-refractivity contribution < 1.29 is 0 Å². The molecule has 0 N–H and O–H groups in total. The molecule has 1 aliphatic heterocycles. The summed E-state index contributed by atoms with van der Waals surface area (Å²) in [7, 11) is 0. The lowest BCUT2D eigenvalue weighted by Crippen LogP contribution is -2.04. The zero-order valence-electron chi connectivity index (χ0n) is 7.49. The average Bonchev–Trinajstić information content (AvgIpc) is 2.47. The van der Waals surface area contributed by atoms with Gasteiger partial charge in [-0.2, -0.15) is 5.10 Å². The largest absolute Gasteiger partial charge is 0.247 e. The minimum absolute atomic E-state index is 0.518. The van der Waals surface area contributed by atoms with E-state index < -0.39 is 0 Å². The summed E-state index contributed by atoms with van der Waals surface area (Å²) in [5, 5.41) is 4.28. The summed E-state index contributed by atoms with van der Waals surface area (Å²) in [6.07, 6.45) is 4.91. The summed E-state index contributed by atoms with van der Waals surface area (Å²) in [5.41, 5.74) is 1.26. The molecule has 12 heavy (non-hydrogen) atoms. The van der Waals surface area contributed by atoms with Crippen molar-refractivity contribution in [2.45, 2.75) is 32.7 Å². The quantitative estimate of drug-likeness (QED) is 0.623. The van der Waals surface area contributed by atoms with Gasteiger partial charge >= 0.3 is 0 Å². The van der Waals surface area contributed by atoms with E-state index in [2.05, 4.69) is 23.9 Å². The van der Waals surface area contributed by atoms with E-state index in [9.17, 15) is 0 Å². The van der Waals surface area contributed by atoms with Crippen molar-refractivity contribution in [3.63, 3.8) is 0 Å². The fourth-order valence-electron chi connectivity index (χ4n) is 1.44. The van der Waals surface area contributed by atoms with Gasteiger partial charge in [-0.1, -0.05) is 13.8 Å². The van der Waals surface area contributed by atoms with Crippen LogP contribution in [0.4, 0.5) is 5.82 Å². The molecule has 1 aromatic heterocycles. The molecular formula is C9H13N3. The number of hydrogen-bond acceptors (Lipinski definition) is 2. The zero-order chi connectivity index (χ0) is 8.55. The lowest BCUT2D eigenvalue weighted by Gasteiger charge is -2.09. The van der Waals surface area contributed by atoms with Crippen LogP contribution in [0.1, 0.15) is 31.7 Å². The van der Waals surface area contributed by atoms with Crippen LogP contribution in [0.5, 0.6) is 0 Å². The topological polar surface area (TPSA) is 30.2 Å². The van der Waals surface area contributed by atoms with E-state index in [1.807, 2.05) is 17.1 Å². The molecule has 0 spiro atoms. The highest BCUT2D eigenvalue weighted by Gasteiger charge is 2.13. The van der Waals surface area contributed by atoms with Crippen molar-refractivity contribution in [3.05, 3.63) is 11.8 Å². The number of nitrogens with zero attached hydrogens (tertiary/aromatic N) is 3. The third-order valence-electron chi connectivity index (χ3n) is 2.14. The van der Waals surface area contributed by atoms with Crippen molar-refractivity contribution in [2.24, 2.45) is 4.99 Å². The van der Waals surface area contributed by atoms with Crippen LogP contribution in [0.15, 0.2) is 11.2 Å². The first-order valence-corrected chi connectivity index (χ1v) is 4.37. The highest BCUT2D eigenvalue weighted by atomic mass is 15.3. The smallest absolute Gasteiger partial charge is 0.153 e. The van der Waals surface area contributed by atoms with Crippen LogP contribution in [0.2, 0.25) is 0 Å². The highest BCUT2D eigenvalue weighted by molar-refractivity contribution is 5.65. The van der Waals surface area contributed by atoms with Gasteiger partial charge in [-0.15, -0.1) is 0 Å². The van der Waals surface area contributed by atoms with Gasteiger partial charge in [0.25, 0.3) is 0 Å². The SMILES string of the molecule is CC(C)c1cnn2c1N=CCC2. The summed E-state index contributed by atoms with van der Waals surface area (Å²) < 4.78 is 1.98. The second-order valence-electron chi connectivity index (χ2n) is 3.40. The average molecular weight is 163 g/mol. The molecule has 0 saturated heterocycles. The first-order chi connectivity index (χ1) is 5.79. The van der Waals surface area contributed by atoms with Crippen LogP contribution >= 0.6 is 0 Å². The Balaban J connectivity index is 2.47. The fourth-order valence-corrected chi connectivity index (χ4v) is 1.44. The van der Waals surface area contributed by atoms with Crippen molar-refractivity contribution >= 4 is 12.0 Å². The lowest BCUT2D eigenvalue weighted by atomic mass is 10.1. The van der Waals surface area contributed by atoms with E-state index >= 15 is 0 Å². The van der Waals surface area contributed by atoms with Gasteiger partial charge in [-0.05, 0) is 5.92 Å². The Morgan fingerprint density at radius 3 is 3.08 bits per heavy atom. The molecule has 0 saturated carbocycles. The summed E-state index contributed by atoms with van der Waals surface area (Å²) in [5.74, 6) is 1.57. The fraction of sp³-hybridized carbons (Fsp3) is 0.556. The molecule has 1 aliphatic rings. The van der Waals surface area contributed by atoms with Crippen molar-refractivity contribution in [1.29, 1.82) is 0 Å². The molecule has 0 atom stereocenters. The van der Waals surface area contributed by atoms with Gasteiger partial charge in [-0.25, -0.2) is 9.67 Å². The van der Waals surface area contributed by atoms with Gasteiger partial charge in [0.1, 0.15) is 0 Å². The Hall–Kier alpha value is -1.12. The van der Waals surface area contributed by atoms with E-state index in [1.165, 1.54) is 5.56 Å². The first-order valence-electron chi connectivity index (χ1n) is 4.37. The predicted molar refractivity (Wildman–Crippen MR) is 49.1 cm³/mol. The Kier molecular flexibility index (Phi) is 1.71. The maximum absolute atomic E-state index is 4.35. The van der Waals surface area contributed by atoms with Crippen molar-refractivity contribution in [2.75, 3.05) is 0 Å². The number of rotatable bonds is 1. The van der Waals surface area contributed by atoms with Crippen LogP contribution in [-0.4, -0.2) is 16.0 Å². The van der Waals surface area contributed by atoms with Gasteiger partial charge < -0.3 is 0 Å². The third-order valence-corrected chi connectivity index (χ3v) is 2.14. The number of fused-ring (bicyclic) bond motifs is 1. The number of aryl methyl sites for hydroxylation is 1. The van der Waals surface area contributed by atoms with E-state index in [1.54, 1.807) is 0 Å². The molecule has 3 heteroatoms. The molecule has 0 bridgehead atoms. The van der Waals surface area contributed by atoms with Crippen LogP contribution in [-0.2, 0) is 6.54 Å². The Bertz CT molecular complexity index is 310. The number of hydrogen-bond donors (Lipinski definition) is 0. The third kappa shape index (κ3) is 1.05. The Morgan fingerprint density at radius 1 is 1.50 bits per heavy atom. The molecule has 0 aliphatic carbocycles. The van der Waals surface area contributed by atoms with Crippen LogP contribution < -0.4 is 0 Å². The molecule has 2 rings (SSSR count). The summed E-state index contributed by atoms with van der Waals surface area (Å²) in [4.78, 5) is 4.35. The molecule has 0 fully saturated rings. The normalized spacial score (nSPS) is 15.2. The van der Waals surface area contributed by atoms with E-state index in [0.29, 0.717) is 5.92 Å². The standard InChI is InChI=1S/C9H13N3/c1-7(2)8-6-11-12-5-3-4-10-9(8)12/h4,6-7H,3,5H2,1-2H3. The molecule has 0 amide bonds. The predicted octanol–water partition coefficient (Wildman–Crippen LogP) is 2.11. The number of aromatic nitrogens is 2. The van der Waals surface area contributed by atoms with Gasteiger partial charge in [0, 0.05) is 24.7 Å². The molecule has 0 radical (unpaired) electrons. The number of aliphatic imine (C=N–C) groups is 1. The van der Waals surface area contributed by atoms with E-state index in [0.717, 1.165) is 18.8 Å². The molecular weight excluding hydrogens is 150 g/mol. The zero-order valence-corrected chi connectivity index (χ0v) is 7.49. The van der Waals surface area contributed by atoms with Gasteiger partial charge in [-0.3, -0.25) is 0 Å². The molecule has 0 unspecified atom stereocenters. The second kappa shape index (κ2) is 2.73. The summed E-state index contributed by atoms with van der Waals surface area (Å²) >= 11 is 0. The Morgan fingerprint density at radius 2 is 2.33 bits per heavy atom.